The Bertz CT molecular complexity index is 1230. The molecule has 2 saturated carbocycles. The molecule has 3 aromatic rings. The second kappa shape index (κ2) is 10.1. The molecule has 0 bridgehead atoms. The van der Waals surface area contributed by atoms with Crippen molar-refractivity contribution in [3.63, 3.8) is 0 Å². The van der Waals surface area contributed by atoms with Gasteiger partial charge in [0.25, 0.3) is 5.91 Å². The lowest BCUT2D eigenvalue weighted by Crippen LogP contribution is -2.47. The largest absolute Gasteiger partial charge is 0.351 e. The van der Waals surface area contributed by atoms with Gasteiger partial charge < -0.3 is 10.3 Å². The number of nitrogens with zero attached hydrogens (tertiary/aromatic N) is 5. The predicted molar refractivity (Wildman–Crippen MR) is 128 cm³/mol. The van der Waals surface area contributed by atoms with Crippen LogP contribution in [0.2, 0.25) is 0 Å². The van der Waals surface area contributed by atoms with Crippen molar-refractivity contribution in [1.82, 2.24) is 25.3 Å². The minimum absolute atomic E-state index is 0.0466. The Labute approximate surface area is 203 Å². The average Bonchev–Trinajstić information content (AvgIpc) is 3.61. The van der Waals surface area contributed by atoms with Gasteiger partial charge in [-0.2, -0.15) is 5.26 Å². The molecule has 3 heterocycles. The number of aromatic nitrogens is 4. The summed E-state index contributed by atoms with van der Waals surface area (Å²) in [5, 5.41) is 13.1. The highest BCUT2D eigenvalue weighted by Crippen LogP contribution is 2.40. The topological polar surface area (TPSA) is 128 Å². The van der Waals surface area contributed by atoms with Crippen LogP contribution in [-0.2, 0) is 4.79 Å². The smallest absolute Gasteiger partial charge is 0.277 e. The van der Waals surface area contributed by atoms with E-state index in [9.17, 15) is 14.9 Å². The molecule has 178 valence electrons. The number of aromatic amines is 1. The van der Waals surface area contributed by atoms with Gasteiger partial charge in [-0.15, -0.1) is 0 Å². The van der Waals surface area contributed by atoms with Gasteiger partial charge in [0.15, 0.2) is 5.69 Å². The molecule has 9 heteroatoms. The van der Waals surface area contributed by atoms with Crippen LogP contribution in [0.25, 0.3) is 0 Å². The number of anilines is 1. The number of carbonyl (C=O) groups is 2. The van der Waals surface area contributed by atoms with Crippen LogP contribution >= 0.6 is 0 Å². The molecule has 0 aromatic carbocycles. The molecule has 2 amide bonds. The Morgan fingerprint density at radius 2 is 1.91 bits per heavy atom. The first-order valence-electron chi connectivity index (χ1n) is 12.1. The lowest BCUT2D eigenvalue weighted by atomic mass is 9.94. The van der Waals surface area contributed by atoms with Crippen molar-refractivity contribution in [2.24, 2.45) is 0 Å². The van der Waals surface area contributed by atoms with Crippen LogP contribution in [0, 0.1) is 11.3 Å². The summed E-state index contributed by atoms with van der Waals surface area (Å²) in [6, 6.07) is 8.23. The molecule has 0 spiro atoms. The number of nitrogens with one attached hydrogen (secondary N) is 2. The van der Waals surface area contributed by atoms with E-state index in [1.165, 1.54) is 17.4 Å². The summed E-state index contributed by atoms with van der Waals surface area (Å²) in [5.74, 6) is -0.447. The number of amides is 2. The van der Waals surface area contributed by atoms with Crippen LogP contribution in [0.3, 0.4) is 0 Å². The fourth-order valence-corrected chi connectivity index (χ4v) is 4.70. The summed E-state index contributed by atoms with van der Waals surface area (Å²) < 4.78 is 0. The van der Waals surface area contributed by atoms with E-state index in [1.807, 2.05) is 6.07 Å². The lowest BCUT2D eigenvalue weighted by molar-refractivity contribution is -0.123. The molecule has 35 heavy (non-hydrogen) atoms. The van der Waals surface area contributed by atoms with Crippen molar-refractivity contribution < 1.29 is 9.59 Å². The monoisotopic (exact) mass is 469 g/mol. The van der Waals surface area contributed by atoms with Crippen LogP contribution in [0.1, 0.15) is 84.3 Å². The highest BCUT2D eigenvalue weighted by atomic mass is 16.2. The number of nitriles is 1. The van der Waals surface area contributed by atoms with E-state index in [-0.39, 0.29) is 29.0 Å². The van der Waals surface area contributed by atoms with Crippen LogP contribution < -0.4 is 10.2 Å². The van der Waals surface area contributed by atoms with Crippen molar-refractivity contribution in [3.8, 4) is 6.07 Å². The third-order valence-corrected chi connectivity index (χ3v) is 6.66. The first-order valence-corrected chi connectivity index (χ1v) is 12.1. The zero-order chi connectivity index (χ0) is 24.2. The first-order chi connectivity index (χ1) is 17.2. The molecule has 0 saturated heterocycles. The van der Waals surface area contributed by atoms with Gasteiger partial charge >= 0.3 is 0 Å². The molecule has 9 nitrogen and oxygen atoms in total. The number of hydrogen-bond donors (Lipinski definition) is 2. The summed E-state index contributed by atoms with van der Waals surface area (Å²) in [7, 11) is 0. The molecule has 0 aliphatic heterocycles. The van der Waals surface area contributed by atoms with E-state index in [0.29, 0.717) is 11.5 Å². The summed E-state index contributed by atoms with van der Waals surface area (Å²) >= 11 is 0. The fraction of sp³-hybridized carbons (Fsp3) is 0.385. The van der Waals surface area contributed by atoms with E-state index < -0.39 is 11.9 Å². The number of carbonyl (C=O) groups excluding carboxylic acids is 2. The maximum Gasteiger partial charge on any atom is 0.277 e. The van der Waals surface area contributed by atoms with Gasteiger partial charge in [0.2, 0.25) is 5.91 Å². The summed E-state index contributed by atoms with van der Waals surface area (Å²) in [4.78, 5) is 44.6. The molecule has 2 aliphatic rings. The molecule has 3 aromatic heterocycles. The number of hydrogen-bond acceptors (Lipinski definition) is 6. The Morgan fingerprint density at radius 3 is 2.57 bits per heavy atom. The minimum atomic E-state index is -1.04. The van der Waals surface area contributed by atoms with Crippen molar-refractivity contribution >= 4 is 17.5 Å². The van der Waals surface area contributed by atoms with Crippen LogP contribution in [0.5, 0.6) is 0 Å². The number of H-pyrrole nitrogens is 1. The van der Waals surface area contributed by atoms with E-state index in [4.69, 9.17) is 0 Å². The van der Waals surface area contributed by atoms with Crippen LogP contribution in [0.15, 0.2) is 49.2 Å². The van der Waals surface area contributed by atoms with Gasteiger partial charge in [-0.3, -0.25) is 19.5 Å². The SMILES string of the molecule is N#Cc1nc(C2CC2)ccc1N(C(=O)c1cnc[nH]1)[C@@H](C(=O)NC1CCCCC1)c1cccnc1. The van der Waals surface area contributed by atoms with Gasteiger partial charge in [0.05, 0.1) is 18.2 Å². The normalized spacial score (nSPS) is 16.8. The van der Waals surface area contributed by atoms with Crippen molar-refractivity contribution in [2.45, 2.75) is 62.9 Å². The Balaban J connectivity index is 1.61. The second-order valence-electron chi connectivity index (χ2n) is 9.16. The predicted octanol–water partition coefficient (Wildman–Crippen LogP) is 3.79. The molecular weight excluding hydrogens is 442 g/mol. The second-order valence-corrected chi connectivity index (χ2v) is 9.16. The van der Waals surface area contributed by atoms with Gasteiger partial charge in [0.1, 0.15) is 17.8 Å². The summed E-state index contributed by atoms with van der Waals surface area (Å²) in [6.45, 7) is 0. The van der Waals surface area contributed by atoms with E-state index >= 15 is 0 Å². The summed E-state index contributed by atoms with van der Waals surface area (Å²) in [5.41, 5.74) is 1.98. The van der Waals surface area contributed by atoms with Crippen molar-refractivity contribution in [3.05, 3.63) is 71.8 Å². The first kappa shape index (κ1) is 22.7. The molecule has 2 N–H and O–H groups in total. The van der Waals surface area contributed by atoms with Gasteiger partial charge in [-0.1, -0.05) is 25.3 Å². The minimum Gasteiger partial charge on any atom is -0.351 e. The van der Waals surface area contributed by atoms with Crippen LogP contribution in [0.4, 0.5) is 5.69 Å². The molecule has 5 rings (SSSR count). The standard InChI is InChI=1S/C26H27N7O2/c27-13-21-23(11-10-20(32-21)17-8-9-17)33(26(35)22-15-29-16-30-22)24(18-5-4-12-28-14-18)25(34)31-19-6-2-1-3-7-19/h4-5,10-12,14-17,19,24H,1-3,6-9H2,(H,29,30)(H,31,34)/t24-/m1/s1. The quantitative estimate of drug-likeness (QED) is 0.542. The Hall–Kier alpha value is -4.06. The molecular formula is C26H27N7O2. The van der Waals surface area contributed by atoms with Gasteiger partial charge in [0, 0.05) is 35.6 Å². The Morgan fingerprint density at radius 1 is 1.09 bits per heavy atom. The highest BCUT2D eigenvalue weighted by molar-refractivity contribution is 6.09. The maximum atomic E-state index is 13.8. The Kier molecular flexibility index (Phi) is 6.53. The lowest BCUT2D eigenvalue weighted by Gasteiger charge is -2.33. The van der Waals surface area contributed by atoms with E-state index in [1.54, 1.807) is 30.6 Å². The maximum absolute atomic E-state index is 13.8. The van der Waals surface area contributed by atoms with Crippen molar-refractivity contribution in [2.75, 3.05) is 4.90 Å². The average molecular weight is 470 g/mol. The number of imidazole rings is 1. The molecule has 2 aliphatic carbocycles. The molecule has 0 unspecified atom stereocenters. The molecule has 0 radical (unpaired) electrons. The third-order valence-electron chi connectivity index (χ3n) is 6.66. The zero-order valence-corrected chi connectivity index (χ0v) is 19.4. The van der Waals surface area contributed by atoms with Crippen LogP contribution in [-0.4, -0.2) is 37.8 Å². The molecule has 2 fully saturated rings. The van der Waals surface area contributed by atoms with E-state index in [0.717, 1.165) is 50.6 Å². The van der Waals surface area contributed by atoms with Gasteiger partial charge in [-0.05, 0) is 43.9 Å². The zero-order valence-electron chi connectivity index (χ0n) is 19.4. The number of rotatable bonds is 7. The number of pyridine rings is 2. The summed E-state index contributed by atoms with van der Waals surface area (Å²) in [6.07, 6.45) is 13.2. The third kappa shape index (κ3) is 4.92. The van der Waals surface area contributed by atoms with E-state index in [2.05, 4.69) is 31.3 Å². The fourth-order valence-electron chi connectivity index (χ4n) is 4.70. The highest BCUT2D eigenvalue weighted by Gasteiger charge is 2.37. The van der Waals surface area contributed by atoms with Gasteiger partial charge in [-0.25, -0.2) is 9.97 Å². The molecule has 1 atom stereocenters. The van der Waals surface area contributed by atoms with Crippen molar-refractivity contribution in [1.29, 1.82) is 5.26 Å².